The first kappa shape index (κ1) is 16.1. The summed E-state index contributed by atoms with van der Waals surface area (Å²) in [5.41, 5.74) is 0.939. The molecule has 0 atom stereocenters. The highest BCUT2D eigenvalue weighted by molar-refractivity contribution is 5.90. The number of amides is 1. The van der Waals surface area contributed by atoms with Gasteiger partial charge in [-0.05, 0) is 37.1 Å². The summed E-state index contributed by atoms with van der Waals surface area (Å²) in [5.74, 6) is -0.558. The largest absolute Gasteiger partial charge is 0.433 e. The van der Waals surface area contributed by atoms with Gasteiger partial charge >= 0.3 is 6.18 Å². The number of nitrogens with one attached hydrogen (secondary N) is 1. The van der Waals surface area contributed by atoms with Crippen LogP contribution in [0.1, 0.15) is 23.9 Å². The Kier molecular flexibility index (Phi) is 4.54. The van der Waals surface area contributed by atoms with Crippen LogP contribution in [-0.4, -0.2) is 15.7 Å². The van der Waals surface area contributed by atoms with Crippen molar-refractivity contribution in [3.05, 3.63) is 47.3 Å². The molecule has 0 aliphatic carbocycles. The SMILES string of the molecule is CCc1ccc(NC(=O)Cn2nc(C)cc2C(F)(F)F)cc1. The molecule has 0 fully saturated rings. The lowest BCUT2D eigenvalue weighted by atomic mass is 10.1. The van der Waals surface area contributed by atoms with E-state index >= 15 is 0 Å². The lowest BCUT2D eigenvalue weighted by Gasteiger charge is -2.10. The van der Waals surface area contributed by atoms with Crippen molar-refractivity contribution >= 4 is 11.6 Å². The maximum Gasteiger partial charge on any atom is 0.433 e. The first-order valence-electron chi connectivity index (χ1n) is 6.80. The Morgan fingerprint density at radius 3 is 2.45 bits per heavy atom. The Hall–Kier alpha value is -2.31. The van der Waals surface area contributed by atoms with Crippen molar-refractivity contribution in [2.24, 2.45) is 0 Å². The fourth-order valence-corrected chi connectivity index (χ4v) is 2.05. The van der Waals surface area contributed by atoms with Crippen LogP contribution in [0.25, 0.3) is 0 Å². The average molecular weight is 311 g/mol. The van der Waals surface area contributed by atoms with Gasteiger partial charge in [0.15, 0.2) is 0 Å². The van der Waals surface area contributed by atoms with E-state index < -0.39 is 24.3 Å². The number of rotatable bonds is 4. The Bertz CT molecular complexity index is 660. The molecule has 0 spiro atoms. The third kappa shape index (κ3) is 3.87. The van der Waals surface area contributed by atoms with Gasteiger partial charge in [-0.2, -0.15) is 18.3 Å². The fraction of sp³-hybridized carbons (Fsp3) is 0.333. The molecule has 22 heavy (non-hydrogen) atoms. The zero-order valence-corrected chi connectivity index (χ0v) is 12.2. The van der Waals surface area contributed by atoms with Crippen LogP contribution in [0.15, 0.2) is 30.3 Å². The number of halogens is 3. The monoisotopic (exact) mass is 311 g/mol. The van der Waals surface area contributed by atoms with Gasteiger partial charge in [0.05, 0.1) is 5.69 Å². The summed E-state index contributed by atoms with van der Waals surface area (Å²) >= 11 is 0. The van der Waals surface area contributed by atoms with Gasteiger partial charge in [0.2, 0.25) is 5.91 Å². The molecule has 1 heterocycles. The number of benzene rings is 1. The molecule has 1 aromatic heterocycles. The molecule has 2 rings (SSSR count). The van der Waals surface area contributed by atoms with Crippen molar-refractivity contribution < 1.29 is 18.0 Å². The first-order chi connectivity index (χ1) is 10.3. The third-order valence-electron chi connectivity index (χ3n) is 3.13. The van der Waals surface area contributed by atoms with Gasteiger partial charge in [-0.3, -0.25) is 9.48 Å². The molecule has 0 bridgehead atoms. The molecule has 7 heteroatoms. The molecule has 0 unspecified atom stereocenters. The molecule has 0 radical (unpaired) electrons. The van der Waals surface area contributed by atoms with Crippen LogP contribution in [0.5, 0.6) is 0 Å². The smallest absolute Gasteiger partial charge is 0.324 e. The molecule has 1 N–H and O–H groups in total. The number of alkyl halides is 3. The van der Waals surface area contributed by atoms with E-state index in [0.717, 1.165) is 18.1 Å². The second kappa shape index (κ2) is 6.21. The van der Waals surface area contributed by atoms with E-state index in [1.165, 1.54) is 6.92 Å². The summed E-state index contributed by atoms with van der Waals surface area (Å²) in [5, 5.41) is 6.28. The number of aryl methyl sites for hydroxylation is 2. The topological polar surface area (TPSA) is 46.9 Å². The normalized spacial score (nSPS) is 11.5. The van der Waals surface area contributed by atoms with Gasteiger partial charge in [0.25, 0.3) is 0 Å². The van der Waals surface area contributed by atoms with Crippen LogP contribution in [0.4, 0.5) is 18.9 Å². The van der Waals surface area contributed by atoms with Crippen molar-refractivity contribution in [3.8, 4) is 0 Å². The highest BCUT2D eigenvalue weighted by Crippen LogP contribution is 2.29. The molecule has 0 aliphatic rings. The molecule has 118 valence electrons. The minimum Gasteiger partial charge on any atom is -0.324 e. The molecule has 2 aromatic rings. The predicted octanol–water partition coefficient (Wildman–Crippen LogP) is 3.41. The van der Waals surface area contributed by atoms with E-state index in [4.69, 9.17) is 0 Å². The Labute approximate surface area is 125 Å². The zero-order valence-electron chi connectivity index (χ0n) is 12.2. The van der Waals surface area contributed by atoms with E-state index in [1.807, 2.05) is 19.1 Å². The van der Waals surface area contributed by atoms with E-state index in [2.05, 4.69) is 10.4 Å². The summed E-state index contributed by atoms with van der Waals surface area (Å²) in [6, 6.07) is 8.07. The molecule has 1 amide bonds. The van der Waals surface area contributed by atoms with Crippen LogP contribution in [-0.2, 0) is 23.9 Å². The van der Waals surface area contributed by atoms with Crippen LogP contribution in [0.2, 0.25) is 0 Å². The Morgan fingerprint density at radius 1 is 1.27 bits per heavy atom. The van der Waals surface area contributed by atoms with E-state index in [1.54, 1.807) is 12.1 Å². The molecular weight excluding hydrogens is 295 g/mol. The maximum absolute atomic E-state index is 12.8. The Morgan fingerprint density at radius 2 is 1.91 bits per heavy atom. The van der Waals surface area contributed by atoms with Crippen molar-refractivity contribution in [1.29, 1.82) is 0 Å². The number of carbonyl (C=O) groups excluding carboxylic acids is 1. The molecule has 0 aliphatic heterocycles. The van der Waals surface area contributed by atoms with Gasteiger partial charge in [-0.25, -0.2) is 0 Å². The quantitative estimate of drug-likeness (QED) is 0.940. The second-order valence-electron chi connectivity index (χ2n) is 4.93. The number of anilines is 1. The van der Waals surface area contributed by atoms with Crippen LogP contribution < -0.4 is 5.32 Å². The number of aromatic nitrogens is 2. The standard InChI is InChI=1S/C15H16F3N3O/c1-3-11-4-6-12(7-5-11)19-14(22)9-21-13(15(16,17)18)8-10(2)20-21/h4-8H,3,9H2,1-2H3,(H,19,22). The maximum atomic E-state index is 12.8. The van der Waals surface area contributed by atoms with Gasteiger partial charge in [-0.1, -0.05) is 19.1 Å². The molecule has 0 saturated carbocycles. The molecule has 4 nitrogen and oxygen atoms in total. The minimum atomic E-state index is -4.54. The van der Waals surface area contributed by atoms with Crippen molar-refractivity contribution in [2.45, 2.75) is 33.0 Å². The van der Waals surface area contributed by atoms with E-state index in [0.29, 0.717) is 10.4 Å². The lowest BCUT2D eigenvalue weighted by Crippen LogP contribution is -2.23. The third-order valence-corrected chi connectivity index (χ3v) is 3.13. The molecule has 1 aromatic carbocycles. The van der Waals surface area contributed by atoms with Gasteiger partial charge in [0.1, 0.15) is 12.2 Å². The number of carbonyl (C=O) groups is 1. The lowest BCUT2D eigenvalue weighted by molar-refractivity contribution is -0.144. The van der Waals surface area contributed by atoms with Gasteiger partial charge in [0, 0.05) is 5.69 Å². The van der Waals surface area contributed by atoms with Gasteiger partial charge in [-0.15, -0.1) is 0 Å². The number of nitrogens with zero attached hydrogens (tertiary/aromatic N) is 2. The average Bonchev–Trinajstić information content (AvgIpc) is 2.80. The van der Waals surface area contributed by atoms with Gasteiger partial charge < -0.3 is 5.32 Å². The summed E-state index contributed by atoms with van der Waals surface area (Å²) in [7, 11) is 0. The minimum absolute atomic E-state index is 0.215. The van der Waals surface area contributed by atoms with Crippen LogP contribution >= 0.6 is 0 Å². The Balaban J connectivity index is 2.09. The fourth-order valence-electron chi connectivity index (χ4n) is 2.05. The second-order valence-corrected chi connectivity index (χ2v) is 4.93. The zero-order chi connectivity index (χ0) is 16.3. The van der Waals surface area contributed by atoms with Crippen molar-refractivity contribution in [3.63, 3.8) is 0 Å². The first-order valence-corrected chi connectivity index (χ1v) is 6.80. The van der Waals surface area contributed by atoms with Crippen LogP contribution in [0.3, 0.4) is 0 Å². The highest BCUT2D eigenvalue weighted by Gasteiger charge is 2.35. The summed E-state index contributed by atoms with van der Waals surface area (Å²) < 4.78 is 39.2. The van der Waals surface area contributed by atoms with Crippen molar-refractivity contribution in [1.82, 2.24) is 9.78 Å². The van der Waals surface area contributed by atoms with E-state index in [-0.39, 0.29) is 5.69 Å². The predicted molar refractivity (Wildman–Crippen MR) is 76.4 cm³/mol. The molecular formula is C15H16F3N3O. The number of hydrogen-bond acceptors (Lipinski definition) is 2. The summed E-state index contributed by atoms with van der Waals surface area (Å²) in [4.78, 5) is 11.9. The van der Waals surface area contributed by atoms with E-state index in [9.17, 15) is 18.0 Å². The molecule has 0 saturated heterocycles. The van der Waals surface area contributed by atoms with Crippen molar-refractivity contribution in [2.75, 3.05) is 5.32 Å². The highest BCUT2D eigenvalue weighted by atomic mass is 19.4. The van der Waals surface area contributed by atoms with Crippen LogP contribution in [0, 0.1) is 6.92 Å². The number of hydrogen-bond donors (Lipinski definition) is 1. The summed E-state index contributed by atoms with van der Waals surface area (Å²) in [6.07, 6.45) is -3.67. The summed E-state index contributed by atoms with van der Waals surface area (Å²) in [6.45, 7) is 2.97.